The van der Waals surface area contributed by atoms with Gasteiger partial charge in [0.15, 0.2) is 0 Å². The van der Waals surface area contributed by atoms with Crippen LogP contribution in [0.5, 0.6) is 0 Å². The van der Waals surface area contributed by atoms with E-state index in [0.29, 0.717) is 19.3 Å². The van der Waals surface area contributed by atoms with Crippen LogP contribution in [0.4, 0.5) is 0 Å². The van der Waals surface area contributed by atoms with Crippen molar-refractivity contribution in [1.29, 1.82) is 0 Å². The summed E-state index contributed by atoms with van der Waals surface area (Å²) in [6.45, 7) is 5.92. The summed E-state index contributed by atoms with van der Waals surface area (Å²) in [6, 6.07) is 8.81. The molecule has 2 aliphatic rings. The first kappa shape index (κ1) is 21.7. The minimum Gasteiger partial charge on any atom is -0.350 e. The number of benzene rings is 1. The predicted molar refractivity (Wildman–Crippen MR) is 120 cm³/mol. The zero-order valence-corrected chi connectivity index (χ0v) is 18.3. The van der Waals surface area contributed by atoms with E-state index in [1.807, 2.05) is 11.0 Å². The zero-order chi connectivity index (χ0) is 20.9. The molecule has 0 radical (unpaired) electrons. The molecule has 5 heteroatoms. The normalized spacial score (nSPS) is 26.4. The van der Waals surface area contributed by atoms with E-state index in [4.69, 9.17) is 0 Å². The third kappa shape index (κ3) is 5.33. The summed E-state index contributed by atoms with van der Waals surface area (Å²) in [5, 5.41) is 3.21. The fraction of sp³-hybridized carbons (Fsp3) is 0.500. The Bertz CT molecular complexity index is 774. The third-order valence-corrected chi connectivity index (χ3v) is 6.88. The molecule has 0 unspecified atom stereocenters. The third-order valence-electron chi connectivity index (χ3n) is 6.14. The van der Waals surface area contributed by atoms with Gasteiger partial charge < -0.3 is 10.2 Å². The van der Waals surface area contributed by atoms with Crippen LogP contribution in [0.3, 0.4) is 0 Å². The summed E-state index contributed by atoms with van der Waals surface area (Å²) in [5.74, 6) is 0.268. The Hall–Kier alpha value is -2.01. The Morgan fingerprint density at radius 1 is 1.38 bits per heavy atom. The molecule has 3 rings (SSSR count). The summed E-state index contributed by atoms with van der Waals surface area (Å²) in [7, 11) is 0. The van der Waals surface area contributed by atoms with E-state index >= 15 is 0 Å². The van der Waals surface area contributed by atoms with Gasteiger partial charge in [0.05, 0.1) is 0 Å². The number of carbonyl (C=O) groups excluding carboxylic acids is 2. The van der Waals surface area contributed by atoms with Crippen LogP contribution in [0.2, 0.25) is 0 Å². The highest BCUT2D eigenvalue weighted by atomic mass is 32.2. The highest BCUT2D eigenvalue weighted by Crippen LogP contribution is 2.31. The molecule has 0 aromatic heterocycles. The molecule has 2 aliphatic heterocycles. The van der Waals surface area contributed by atoms with E-state index in [-0.39, 0.29) is 29.4 Å². The van der Waals surface area contributed by atoms with Gasteiger partial charge in [-0.2, -0.15) is 0 Å². The Morgan fingerprint density at radius 3 is 2.76 bits per heavy atom. The first-order chi connectivity index (χ1) is 14.0. The first-order valence-corrected chi connectivity index (χ1v) is 11.7. The SMILES string of the molecule is C=CC[C@@H]1CC=C[C@@H](C)N1C(=O)CC[C@]1(Cc2ccc(SC)cc2)CCC(=O)N1. The molecule has 1 saturated heterocycles. The maximum atomic E-state index is 13.2. The molecule has 3 atom stereocenters. The maximum Gasteiger partial charge on any atom is 0.223 e. The lowest BCUT2D eigenvalue weighted by Gasteiger charge is -2.38. The van der Waals surface area contributed by atoms with Gasteiger partial charge in [-0.3, -0.25) is 9.59 Å². The highest BCUT2D eigenvalue weighted by molar-refractivity contribution is 7.98. The van der Waals surface area contributed by atoms with Crippen molar-refractivity contribution in [1.82, 2.24) is 10.2 Å². The van der Waals surface area contributed by atoms with E-state index in [0.717, 1.165) is 25.7 Å². The molecule has 0 bridgehead atoms. The minimum absolute atomic E-state index is 0.0944. The molecule has 0 spiro atoms. The Morgan fingerprint density at radius 2 is 2.14 bits per heavy atom. The lowest BCUT2D eigenvalue weighted by molar-refractivity contribution is -0.135. The van der Waals surface area contributed by atoms with Crippen LogP contribution in [0.25, 0.3) is 0 Å². The van der Waals surface area contributed by atoms with Gasteiger partial charge >= 0.3 is 0 Å². The maximum absolute atomic E-state index is 13.2. The van der Waals surface area contributed by atoms with Crippen molar-refractivity contribution in [2.75, 3.05) is 6.26 Å². The topological polar surface area (TPSA) is 49.4 Å². The molecular formula is C24H32N2O2S. The van der Waals surface area contributed by atoms with Crippen molar-refractivity contribution in [3.63, 3.8) is 0 Å². The number of rotatable bonds is 8. The molecule has 29 heavy (non-hydrogen) atoms. The number of nitrogens with one attached hydrogen (secondary N) is 1. The summed E-state index contributed by atoms with van der Waals surface area (Å²) in [6.07, 6.45) is 13.2. The van der Waals surface area contributed by atoms with E-state index in [9.17, 15) is 9.59 Å². The van der Waals surface area contributed by atoms with Crippen molar-refractivity contribution in [2.45, 2.75) is 74.4 Å². The van der Waals surface area contributed by atoms with Crippen LogP contribution >= 0.6 is 11.8 Å². The molecule has 4 nitrogen and oxygen atoms in total. The smallest absolute Gasteiger partial charge is 0.223 e. The van der Waals surface area contributed by atoms with Gasteiger partial charge in [-0.15, -0.1) is 18.3 Å². The second kappa shape index (κ2) is 9.66. The average molecular weight is 413 g/mol. The molecule has 1 fully saturated rings. The molecule has 2 amide bonds. The fourth-order valence-electron chi connectivity index (χ4n) is 4.60. The average Bonchev–Trinajstić information content (AvgIpc) is 3.08. The predicted octanol–water partition coefficient (Wildman–Crippen LogP) is 4.50. The number of carbonyl (C=O) groups is 2. The standard InChI is InChI=1S/C24H32N2O2S/c1-4-6-20-8-5-7-18(2)26(20)23(28)14-16-24(15-13-22(27)25-24)17-19-9-11-21(29-3)12-10-19/h4-5,7,9-12,18,20H,1,6,8,13-17H2,2-3H3,(H,25,27)/t18-,20-,24+/m1/s1. The van der Waals surface area contributed by atoms with Crippen molar-refractivity contribution >= 4 is 23.6 Å². The summed E-state index contributed by atoms with van der Waals surface area (Å²) >= 11 is 1.72. The Labute approximate surface area is 178 Å². The van der Waals surface area contributed by atoms with Gasteiger partial charge in [0.25, 0.3) is 0 Å². The van der Waals surface area contributed by atoms with Gasteiger partial charge in [-0.25, -0.2) is 0 Å². The van der Waals surface area contributed by atoms with Crippen molar-refractivity contribution in [3.8, 4) is 0 Å². The lowest BCUT2D eigenvalue weighted by atomic mass is 9.84. The first-order valence-electron chi connectivity index (χ1n) is 10.5. The van der Waals surface area contributed by atoms with Crippen LogP contribution in [0, 0.1) is 0 Å². The van der Waals surface area contributed by atoms with Gasteiger partial charge in [0.2, 0.25) is 11.8 Å². The second-order valence-corrected chi connectivity index (χ2v) is 9.12. The summed E-state index contributed by atoms with van der Waals surface area (Å²) < 4.78 is 0. The van der Waals surface area contributed by atoms with Crippen LogP contribution in [0.15, 0.2) is 54.0 Å². The molecule has 2 heterocycles. The van der Waals surface area contributed by atoms with E-state index < -0.39 is 0 Å². The van der Waals surface area contributed by atoms with Crippen LogP contribution in [-0.2, 0) is 16.0 Å². The molecule has 1 aromatic rings. The van der Waals surface area contributed by atoms with Gasteiger partial charge in [-0.1, -0.05) is 30.4 Å². The van der Waals surface area contributed by atoms with E-state index in [1.54, 1.807) is 11.8 Å². The van der Waals surface area contributed by atoms with Gasteiger partial charge in [0.1, 0.15) is 0 Å². The Balaban J connectivity index is 1.69. The molecule has 1 N–H and O–H groups in total. The number of nitrogens with zero attached hydrogens (tertiary/aromatic N) is 1. The fourth-order valence-corrected chi connectivity index (χ4v) is 5.00. The molecule has 156 valence electrons. The van der Waals surface area contributed by atoms with Gasteiger partial charge in [-0.05, 0) is 63.0 Å². The Kier molecular flexibility index (Phi) is 7.23. The zero-order valence-electron chi connectivity index (χ0n) is 17.5. The monoisotopic (exact) mass is 412 g/mol. The van der Waals surface area contributed by atoms with Crippen LogP contribution in [0.1, 0.15) is 51.0 Å². The summed E-state index contributed by atoms with van der Waals surface area (Å²) in [4.78, 5) is 28.5. The molecule has 0 saturated carbocycles. The lowest BCUT2D eigenvalue weighted by Crippen LogP contribution is -2.49. The molecule has 0 aliphatic carbocycles. The van der Waals surface area contributed by atoms with Crippen molar-refractivity contribution < 1.29 is 9.59 Å². The second-order valence-electron chi connectivity index (χ2n) is 8.24. The quantitative estimate of drug-likeness (QED) is 0.505. The van der Waals surface area contributed by atoms with Crippen molar-refractivity contribution in [2.24, 2.45) is 0 Å². The van der Waals surface area contributed by atoms with Gasteiger partial charge in [0, 0.05) is 35.4 Å². The minimum atomic E-state index is -0.323. The van der Waals surface area contributed by atoms with E-state index in [1.165, 1.54) is 10.5 Å². The number of hydrogen-bond acceptors (Lipinski definition) is 3. The molecular weight excluding hydrogens is 380 g/mol. The summed E-state index contributed by atoms with van der Waals surface area (Å²) in [5.41, 5.74) is 0.882. The number of amides is 2. The number of hydrogen-bond donors (Lipinski definition) is 1. The van der Waals surface area contributed by atoms with Crippen LogP contribution < -0.4 is 5.32 Å². The highest BCUT2D eigenvalue weighted by Gasteiger charge is 2.39. The van der Waals surface area contributed by atoms with Crippen molar-refractivity contribution in [3.05, 3.63) is 54.6 Å². The van der Waals surface area contributed by atoms with Crippen LogP contribution in [-0.4, -0.2) is 40.6 Å². The largest absolute Gasteiger partial charge is 0.350 e. The molecule has 1 aromatic carbocycles. The number of thioether (sulfide) groups is 1. The van der Waals surface area contributed by atoms with E-state index in [2.05, 4.69) is 61.5 Å².